The minimum atomic E-state index is -0.297. The highest BCUT2D eigenvalue weighted by atomic mass is 16.5. The molecule has 0 bridgehead atoms. The molecule has 4 aliphatic rings. The van der Waals surface area contributed by atoms with Gasteiger partial charge in [-0.15, -0.1) is 0 Å². The molecule has 6 rings (SSSR count). The van der Waals surface area contributed by atoms with Gasteiger partial charge in [0.15, 0.2) is 5.82 Å². The normalized spacial score (nSPS) is 24.4. The van der Waals surface area contributed by atoms with E-state index in [0.29, 0.717) is 34.7 Å². The SMILES string of the molecule is COc1cc(C(=O)NC2CCC(N3CCN(C(C)=O)CC3)CC2)ccc1Nc1ncc2c(n1)N(C1CCCCC1)[C@H](C)C(=O)N2C. The van der Waals surface area contributed by atoms with Gasteiger partial charge in [0, 0.05) is 63.8 Å². The molecule has 0 unspecified atom stereocenters. The molecule has 2 aliphatic heterocycles. The highest BCUT2D eigenvalue weighted by Crippen LogP contribution is 2.39. The Balaban J connectivity index is 1.09. The van der Waals surface area contributed by atoms with Crippen molar-refractivity contribution in [3.63, 3.8) is 0 Å². The van der Waals surface area contributed by atoms with Gasteiger partial charge in [0.2, 0.25) is 17.8 Å². The summed E-state index contributed by atoms with van der Waals surface area (Å²) in [7, 11) is 3.37. The van der Waals surface area contributed by atoms with Gasteiger partial charge in [-0.05, 0) is 63.6 Å². The van der Waals surface area contributed by atoms with Crippen LogP contribution in [0.4, 0.5) is 23.1 Å². The highest BCUT2D eigenvalue weighted by Gasteiger charge is 2.39. The molecule has 3 heterocycles. The van der Waals surface area contributed by atoms with Gasteiger partial charge >= 0.3 is 0 Å². The summed E-state index contributed by atoms with van der Waals surface area (Å²) in [6, 6.07) is 5.99. The summed E-state index contributed by atoms with van der Waals surface area (Å²) >= 11 is 0. The molecule has 2 saturated carbocycles. The van der Waals surface area contributed by atoms with Crippen LogP contribution in [0.25, 0.3) is 0 Å². The van der Waals surface area contributed by atoms with Crippen molar-refractivity contribution in [1.29, 1.82) is 0 Å². The monoisotopic (exact) mass is 632 g/mol. The van der Waals surface area contributed by atoms with Gasteiger partial charge in [0.25, 0.3) is 5.91 Å². The van der Waals surface area contributed by atoms with E-state index in [1.165, 1.54) is 6.42 Å². The van der Waals surface area contributed by atoms with E-state index in [9.17, 15) is 14.4 Å². The third-order valence-electron chi connectivity index (χ3n) is 10.4. The van der Waals surface area contributed by atoms with Crippen molar-refractivity contribution in [2.24, 2.45) is 0 Å². The summed E-state index contributed by atoms with van der Waals surface area (Å²) in [6.07, 6.45) is 11.3. The minimum Gasteiger partial charge on any atom is -0.495 e. The number of benzene rings is 1. The Bertz CT molecular complexity index is 1430. The molecule has 2 aromatic rings. The lowest BCUT2D eigenvalue weighted by Gasteiger charge is -2.44. The summed E-state index contributed by atoms with van der Waals surface area (Å²) in [6.45, 7) is 7.05. The number of rotatable bonds is 7. The molecule has 2 N–H and O–H groups in total. The van der Waals surface area contributed by atoms with Crippen LogP contribution >= 0.6 is 0 Å². The van der Waals surface area contributed by atoms with E-state index in [0.717, 1.165) is 83.4 Å². The summed E-state index contributed by atoms with van der Waals surface area (Å²) in [5.74, 6) is 1.79. The fourth-order valence-corrected chi connectivity index (χ4v) is 7.72. The number of hydrogen-bond acceptors (Lipinski definition) is 9. The van der Waals surface area contributed by atoms with E-state index >= 15 is 0 Å². The number of amides is 3. The number of carbonyl (C=O) groups is 3. The van der Waals surface area contributed by atoms with Crippen LogP contribution in [0.2, 0.25) is 0 Å². The second-order valence-corrected chi connectivity index (χ2v) is 13.2. The third kappa shape index (κ3) is 6.63. The van der Waals surface area contributed by atoms with Crippen LogP contribution in [0.15, 0.2) is 24.4 Å². The first-order valence-corrected chi connectivity index (χ1v) is 16.9. The van der Waals surface area contributed by atoms with Gasteiger partial charge < -0.3 is 30.1 Å². The number of anilines is 4. The molecule has 1 saturated heterocycles. The van der Waals surface area contributed by atoms with Gasteiger partial charge in [-0.1, -0.05) is 19.3 Å². The number of methoxy groups -OCH3 is 1. The third-order valence-corrected chi connectivity index (χ3v) is 10.4. The largest absolute Gasteiger partial charge is 0.495 e. The molecule has 12 heteroatoms. The first kappa shape index (κ1) is 32.0. The Kier molecular flexibility index (Phi) is 9.62. The second kappa shape index (κ2) is 13.8. The smallest absolute Gasteiger partial charge is 0.251 e. The van der Waals surface area contributed by atoms with Crippen molar-refractivity contribution >= 4 is 40.9 Å². The van der Waals surface area contributed by atoms with Gasteiger partial charge in [-0.2, -0.15) is 4.98 Å². The van der Waals surface area contributed by atoms with Crippen molar-refractivity contribution in [3.8, 4) is 5.75 Å². The van der Waals surface area contributed by atoms with Gasteiger partial charge in [0.1, 0.15) is 17.5 Å². The highest BCUT2D eigenvalue weighted by molar-refractivity contribution is 6.04. The van der Waals surface area contributed by atoms with E-state index in [2.05, 4.69) is 25.4 Å². The summed E-state index contributed by atoms with van der Waals surface area (Å²) in [4.78, 5) is 55.7. The second-order valence-electron chi connectivity index (χ2n) is 13.2. The number of aromatic nitrogens is 2. The molecule has 1 aromatic heterocycles. The lowest BCUT2D eigenvalue weighted by molar-refractivity contribution is -0.131. The first-order chi connectivity index (χ1) is 22.2. The van der Waals surface area contributed by atoms with E-state index in [1.54, 1.807) is 44.3 Å². The number of piperazine rings is 1. The van der Waals surface area contributed by atoms with Crippen LogP contribution in [0.3, 0.4) is 0 Å². The van der Waals surface area contributed by atoms with Crippen LogP contribution in [0.1, 0.15) is 82.0 Å². The Morgan fingerprint density at radius 3 is 2.35 bits per heavy atom. The van der Waals surface area contributed by atoms with Crippen LogP contribution in [0.5, 0.6) is 5.75 Å². The zero-order chi connectivity index (χ0) is 32.4. The van der Waals surface area contributed by atoms with Crippen molar-refractivity contribution in [3.05, 3.63) is 30.0 Å². The fourth-order valence-electron chi connectivity index (χ4n) is 7.72. The summed E-state index contributed by atoms with van der Waals surface area (Å²) in [5, 5.41) is 6.53. The van der Waals surface area contributed by atoms with Gasteiger partial charge in [0.05, 0.1) is 19.0 Å². The molecular weight excluding hydrogens is 584 g/mol. The number of hydrogen-bond donors (Lipinski definition) is 2. The van der Waals surface area contributed by atoms with E-state index in [4.69, 9.17) is 9.72 Å². The molecule has 0 spiro atoms. The lowest BCUT2D eigenvalue weighted by Crippen LogP contribution is -2.55. The van der Waals surface area contributed by atoms with E-state index < -0.39 is 0 Å². The van der Waals surface area contributed by atoms with Crippen LogP contribution in [-0.2, 0) is 9.59 Å². The Morgan fingerprint density at radius 2 is 1.67 bits per heavy atom. The predicted molar refractivity (Wildman–Crippen MR) is 178 cm³/mol. The maximum Gasteiger partial charge on any atom is 0.251 e. The average Bonchev–Trinajstić information content (AvgIpc) is 3.08. The first-order valence-electron chi connectivity index (χ1n) is 16.9. The molecule has 46 heavy (non-hydrogen) atoms. The van der Waals surface area contributed by atoms with Crippen LogP contribution in [-0.4, -0.2) is 102 Å². The maximum atomic E-state index is 13.3. The Morgan fingerprint density at radius 1 is 0.957 bits per heavy atom. The predicted octanol–water partition coefficient (Wildman–Crippen LogP) is 3.94. The molecule has 1 atom stereocenters. The molecule has 1 aromatic carbocycles. The lowest BCUT2D eigenvalue weighted by atomic mass is 9.89. The number of fused-ring (bicyclic) bond motifs is 1. The van der Waals surface area contributed by atoms with Crippen molar-refractivity contribution in [2.45, 2.75) is 95.8 Å². The standard InChI is InChI=1S/C34H48N8O4/c1-22-33(45)39(3)29-21-35-34(38-31(29)42(22)27-8-6-5-7-9-27)37-28-15-10-24(20-30(28)46-4)32(44)36-25-11-13-26(14-12-25)41-18-16-40(17-19-41)23(2)43/h10,15,20-22,25-27H,5-9,11-14,16-19H2,1-4H3,(H,36,44)(H,35,37,38)/t22-,25?,26?/m1/s1. The topological polar surface area (TPSA) is 123 Å². The maximum absolute atomic E-state index is 13.3. The molecule has 2 aliphatic carbocycles. The minimum absolute atomic E-state index is 0.0511. The quantitative estimate of drug-likeness (QED) is 0.467. The number of nitrogens with zero attached hydrogens (tertiary/aromatic N) is 6. The zero-order valence-corrected chi connectivity index (χ0v) is 27.6. The number of likely N-dealkylation sites (N-methyl/N-ethyl adjacent to an activating group) is 1. The summed E-state index contributed by atoms with van der Waals surface area (Å²) in [5.41, 5.74) is 1.90. The summed E-state index contributed by atoms with van der Waals surface area (Å²) < 4.78 is 5.69. The van der Waals surface area contributed by atoms with Crippen LogP contribution < -0.4 is 25.2 Å². The number of ether oxygens (including phenoxy) is 1. The zero-order valence-electron chi connectivity index (χ0n) is 27.6. The average molecular weight is 633 g/mol. The molecule has 0 radical (unpaired) electrons. The molecular formula is C34H48N8O4. The van der Waals surface area contributed by atoms with Crippen molar-refractivity contribution in [2.75, 3.05) is 55.5 Å². The van der Waals surface area contributed by atoms with E-state index in [1.807, 2.05) is 17.9 Å². The van der Waals surface area contributed by atoms with Crippen molar-refractivity contribution in [1.82, 2.24) is 25.1 Å². The number of nitrogens with one attached hydrogen (secondary N) is 2. The molecule has 3 amide bonds. The molecule has 3 fully saturated rings. The molecule has 248 valence electrons. The van der Waals surface area contributed by atoms with Crippen molar-refractivity contribution < 1.29 is 19.1 Å². The Labute approximate surface area is 271 Å². The van der Waals surface area contributed by atoms with Gasteiger partial charge in [-0.25, -0.2) is 4.98 Å². The fraction of sp³-hybridized carbons (Fsp3) is 0.618. The Hall–Kier alpha value is -3.93. The van der Waals surface area contributed by atoms with E-state index in [-0.39, 0.29) is 35.8 Å². The van der Waals surface area contributed by atoms with Crippen LogP contribution in [0, 0.1) is 0 Å². The van der Waals surface area contributed by atoms with Gasteiger partial charge in [-0.3, -0.25) is 19.3 Å². The molecule has 12 nitrogen and oxygen atoms in total. The number of carbonyl (C=O) groups excluding carboxylic acids is 3.